The number of ether oxygens (including phenoxy) is 1. The van der Waals surface area contributed by atoms with Gasteiger partial charge in [-0.1, -0.05) is 6.07 Å². The zero-order chi connectivity index (χ0) is 11.7. The van der Waals surface area contributed by atoms with Gasteiger partial charge in [-0.2, -0.15) is 5.10 Å². The van der Waals surface area contributed by atoms with Crippen LogP contribution in [0, 0.1) is 0 Å². The topological polar surface area (TPSA) is 27.1 Å². The first-order valence-electron chi connectivity index (χ1n) is 6.02. The fraction of sp³-hybridized carbons (Fsp3) is 0.462. The van der Waals surface area contributed by atoms with E-state index in [2.05, 4.69) is 23.3 Å². The van der Waals surface area contributed by atoms with Gasteiger partial charge in [-0.25, -0.2) is 4.68 Å². The standard InChI is InChI=1S/C13H15ClN2O/c14-8-10-4-5-12-11(7-10)9-15-16(12)13-3-1-2-6-17-13/h4-5,7,9,13H,1-3,6,8H2. The first kappa shape index (κ1) is 11.1. The van der Waals surface area contributed by atoms with Gasteiger partial charge in [0, 0.05) is 17.9 Å². The third-order valence-corrected chi connectivity index (χ3v) is 3.55. The van der Waals surface area contributed by atoms with Crippen LogP contribution in [0.5, 0.6) is 0 Å². The van der Waals surface area contributed by atoms with Crippen molar-refractivity contribution in [2.24, 2.45) is 0 Å². The van der Waals surface area contributed by atoms with Crippen molar-refractivity contribution in [2.75, 3.05) is 6.61 Å². The molecular formula is C13H15ClN2O. The molecule has 0 aliphatic carbocycles. The largest absolute Gasteiger partial charge is 0.356 e. The van der Waals surface area contributed by atoms with Gasteiger partial charge >= 0.3 is 0 Å². The number of fused-ring (bicyclic) bond motifs is 1. The lowest BCUT2D eigenvalue weighted by Crippen LogP contribution is -2.18. The van der Waals surface area contributed by atoms with Crippen molar-refractivity contribution in [3.63, 3.8) is 0 Å². The molecule has 3 nitrogen and oxygen atoms in total. The summed E-state index contributed by atoms with van der Waals surface area (Å²) in [6.07, 6.45) is 5.41. The Balaban J connectivity index is 1.99. The minimum atomic E-state index is 0.100. The molecule has 0 saturated carbocycles. The molecule has 90 valence electrons. The quantitative estimate of drug-likeness (QED) is 0.763. The normalized spacial score (nSPS) is 20.9. The molecule has 1 aliphatic heterocycles. The van der Waals surface area contributed by atoms with Crippen LogP contribution in [0.3, 0.4) is 0 Å². The van der Waals surface area contributed by atoms with E-state index in [4.69, 9.17) is 16.3 Å². The molecule has 1 fully saturated rings. The molecule has 17 heavy (non-hydrogen) atoms. The third-order valence-electron chi connectivity index (χ3n) is 3.24. The average molecular weight is 251 g/mol. The smallest absolute Gasteiger partial charge is 0.150 e. The van der Waals surface area contributed by atoms with Crippen LogP contribution < -0.4 is 0 Å². The fourth-order valence-corrected chi connectivity index (χ4v) is 2.50. The highest BCUT2D eigenvalue weighted by atomic mass is 35.5. The SMILES string of the molecule is ClCc1ccc2c(cnn2C2CCCCO2)c1. The molecule has 0 radical (unpaired) electrons. The van der Waals surface area contributed by atoms with Gasteiger partial charge < -0.3 is 4.74 Å². The van der Waals surface area contributed by atoms with E-state index in [0.717, 1.165) is 35.9 Å². The monoisotopic (exact) mass is 250 g/mol. The second-order valence-corrected chi connectivity index (χ2v) is 4.70. The summed E-state index contributed by atoms with van der Waals surface area (Å²) < 4.78 is 7.75. The zero-order valence-corrected chi connectivity index (χ0v) is 10.4. The maximum absolute atomic E-state index is 5.83. The lowest BCUT2D eigenvalue weighted by atomic mass is 10.1. The highest BCUT2D eigenvalue weighted by Gasteiger charge is 2.18. The number of halogens is 1. The summed E-state index contributed by atoms with van der Waals surface area (Å²) in [4.78, 5) is 0. The van der Waals surface area contributed by atoms with Crippen molar-refractivity contribution in [1.82, 2.24) is 9.78 Å². The van der Waals surface area contributed by atoms with Crippen LogP contribution in [-0.2, 0) is 10.6 Å². The summed E-state index contributed by atoms with van der Waals surface area (Å²) in [5, 5.41) is 5.58. The number of aromatic nitrogens is 2. The number of benzene rings is 1. The van der Waals surface area contributed by atoms with Gasteiger partial charge in [0.05, 0.1) is 11.7 Å². The third kappa shape index (κ3) is 2.05. The summed E-state index contributed by atoms with van der Waals surface area (Å²) in [5.74, 6) is 0.543. The van der Waals surface area contributed by atoms with E-state index >= 15 is 0 Å². The van der Waals surface area contributed by atoms with Crippen LogP contribution in [0.4, 0.5) is 0 Å². The maximum atomic E-state index is 5.83. The van der Waals surface area contributed by atoms with Crippen molar-refractivity contribution in [2.45, 2.75) is 31.4 Å². The molecule has 0 N–H and O–H groups in total. The molecule has 1 aromatic carbocycles. The summed E-state index contributed by atoms with van der Waals surface area (Å²) >= 11 is 5.83. The Hall–Kier alpha value is -1.06. The Bertz CT molecular complexity index is 517. The van der Waals surface area contributed by atoms with Crippen LogP contribution in [0.25, 0.3) is 10.9 Å². The Morgan fingerprint density at radius 2 is 2.35 bits per heavy atom. The predicted octanol–water partition coefficient (Wildman–Crippen LogP) is 3.47. The minimum absolute atomic E-state index is 0.100. The van der Waals surface area contributed by atoms with Crippen LogP contribution >= 0.6 is 11.6 Å². The van der Waals surface area contributed by atoms with E-state index in [1.165, 1.54) is 6.42 Å². The van der Waals surface area contributed by atoms with Gasteiger partial charge in [-0.05, 0) is 37.0 Å². The second-order valence-electron chi connectivity index (χ2n) is 4.44. The molecule has 1 atom stereocenters. The Morgan fingerprint density at radius 1 is 1.41 bits per heavy atom. The molecule has 1 unspecified atom stereocenters. The summed E-state index contributed by atoms with van der Waals surface area (Å²) in [5.41, 5.74) is 2.26. The molecule has 2 aromatic rings. The molecule has 0 bridgehead atoms. The van der Waals surface area contributed by atoms with Crippen LogP contribution in [-0.4, -0.2) is 16.4 Å². The lowest BCUT2D eigenvalue weighted by molar-refractivity contribution is -0.0366. The van der Waals surface area contributed by atoms with Gasteiger partial charge in [-0.15, -0.1) is 11.6 Å². The first-order valence-corrected chi connectivity index (χ1v) is 6.55. The second kappa shape index (κ2) is 4.67. The molecule has 1 aliphatic rings. The van der Waals surface area contributed by atoms with E-state index in [1.807, 2.05) is 10.9 Å². The first-order chi connectivity index (χ1) is 8.38. The highest BCUT2D eigenvalue weighted by molar-refractivity contribution is 6.17. The van der Waals surface area contributed by atoms with Gasteiger partial charge in [0.25, 0.3) is 0 Å². The molecular weight excluding hydrogens is 236 g/mol. The van der Waals surface area contributed by atoms with Gasteiger partial charge in [0.2, 0.25) is 0 Å². The number of hydrogen-bond acceptors (Lipinski definition) is 2. The highest BCUT2D eigenvalue weighted by Crippen LogP contribution is 2.26. The maximum Gasteiger partial charge on any atom is 0.150 e. The molecule has 0 amide bonds. The summed E-state index contributed by atoms with van der Waals surface area (Å²) in [6, 6.07) is 6.23. The van der Waals surface area contributed by atoms with Crippen molar-refractivity contribution >= 4 is 22.5 Å². The van der Waals surface area contributed by atoms with Crippen molar-refractivity contribution in [3.05, 3.63) is 30.0 Å². The Labute approximate surface area is 105 Å². The lowest BCUT2D eigenvalue weighted by Gasteiger charge is -2.23. The van der Waals surface area contributed by atoms with E-state index in [0.29, 0.717) is 5.88 Å². The van der Waals surface area contributed by atoms with Crippen molar-refractivity contribution in [3.8, 4) is 0 Å². The van der Waals surface area contributed by atoms with E-state index < -0.39 is 0 Å². The van der Waals surface area contributed by atoms with E-state index in [9.17, 15) is 0 Å². The molecule has 0 spiro atoms. The molecule has 1 aromatic heterocycles. The van der Waals surface area contributed by atoms with Crippen molar-refractivity contribution in [1.29, 1.82) is 0 Å². The Morgan fingerprint density at radius 3 is 3.12 bits per heavy atom. The average Bonchev–Trinajstić information content (AvgIpc) is 2.82. The summed E-state index contributed by atoms with van der Waals surface area (Å²) in [6.45, 7) is 0.839. The van der Waals surface area contributed by atoms with Crippen molar-refractivity contribution < 1.29 is 4.74 Å². The molecule has 2 heterocycles. The summed E-state index contributed by atoms with van der Waals surface area (Å²) in [7, 11) is 0. The van der Waals surface area contributed by atoms with Gasteiger partial charge in [0.1, 0.15) is 0 Å². The zero-order valence-electron chi connectivity index (χ0n) is 9.60. The number of rotatable bonds is 2. The molecule has 3 rings (SSSR count). The molecule has 4 heteroatoms. The minimum Gasteiger partial charge on any atom is -0.356 e. The van der Waals surface area contributed by atoms with Gasteiger partial charge in [0.15, 0.2) is 6.23 Å². The van der Waals surface area contributed by atoms with E-state index in [-0.39, 0.29) is 6.23 Å². The van der Waals surface area contributed by atoms with Crippen LogP contribution in [0.1, 0.15) is 31.1 Å². The number of nitrogens with zero attached hydrogens (tertiary/aromatic N) is 2. The number of alkyl halides is 1. The Kier molecular flexibility index (Phi) is 3.04. The van der Waals surface area contributed by atoms with Crippen LogP contribution in [0.2, 0.25) is 0 Å². The van der Waals surface area contributed by atoms with Crippen LogP contribution in [0.15, 0.2) is 24.4 Å². The van der Waals surface area contributed by atoms with E-state index in [1.54, 1.807) is 0 Å². The number of hydrogen-bond donors (Lipinski definition) is 0. The predicted molar refractivity (Wildman–Crippen MR) is 68.1 cm³/mol. The fourth-order valence-electron chi connectivity index (χ4n) is 2.33. The molecule has 1 saturated heterocycles. The van der Waals surface area contributed by atoms with Gasteiger partial charge in [-0.3, -0.25) is 0 Å².